The van der Waals surface area contributed by atoms with Crippen LogP contribution in [-0.2, 0) is 58.1 Å². The second-order valence-corrected chi connectivity index (χ2v) is 7.89. The molecule has 0 unspecified atom stereocenters. The summed E-state index contributed by atoms with van der Waals surface area (Å²) in [5.74, 6) is -3.99. The van der Waals surface area contributed by atoms with E-state index in [0.717, 1.165) is 51.4 Å². The van der Waals surface area contributed by atoms with E-state index in [2.05, 4.69) is 0 Å². The Kier molecular flexibility index (Phi) is 60.2. The molecule has 0 saturated carbocycles. The monoisotopic (exact) mass is 648 g/mol. The van der Waals surface area contributed by atoms with Crippen LogP contribution in [0.5, 0.6) is 0 Å². The summed E-state index contributed by atoms with van der Waals surface area (Å²) >= 11 is 0. The van der Waals surface area contributed by atoms with Gasteiger partial charge in [-0.15, -0.1) is 0 Å². The van der Waals surface area contributed by atoms with Crippen LogP contribution < -0.4 is 43.4 Å². The molecule has 0 radical (unpaired) electrons. The van der Waals surface area contributed by atoms with Gasteiger partial charge in [0.1, 0.15) is 0 Å². The summed E-state index contributed by atoms with van der Waals surface area (Å²) in [7, 11) is 0. The molecule has 0 bridgehead atoms. The third kappa shape index (κ3) is 76.5. The summed E-state index contributed by atoms with van der Waals surface area (Å²) < 4.78 is 0. The molecule has 0 aliphatic rings. The fraction of sp³-hybridized carbons (Fsp3) is 0.833. The molecule has 0 amide bonds. The second kappa shape index (κ2) is 45.9. The number of carboxylic acid groups (broad SMARTS) is 4. The van der Waals surface area contributed by atoms with E-state index in [1.165, 1.54) is 0 Å². The molecule has 0 saturated heterocycles. The molecule has 0 rings (SSSR count). The molecule has 0 aromatic heterocycles. The Morgan fingerprint density at radius 2 is 0.474 bits per heavy atom. The van der Waals surface area contributed by atoms with Crippen LogP contribution in [0.15, 0.2) is 0 Å². The molecular formula is C24H48N4O8Zn2. The predicted molar refractivity (Wildman–Crippen MR) is 130 cm³/mol. The first-order valence-corrected chi connectivity index (χ1v) is 12.7. The molecule has 0 aromatic rings. The first-order chi connectivity index (χ1) is 17.1. The average molecular weight is 651 g/mol. The fourth-order valence-corrected chi connectivity index (χ4v) is 2.49. The van der Waals surface area contributed by atoms with Crippen molar-refractivity contribution in [2.75, 3.05) is 26.2 Å². The standard InChI is InChI=1S/2C10H18O4.2C2H8N2.2Zn/c2*11-9(12)7-5-3-1-2-4-6-8-10(13)14;2*3-1-2-4;;/h2*1-8H2,(H,11,12)(H,13,14);2*1-4H2;;/q;;;;2*+2/p-4. The van der Waals surface area contributed by atoms with Gasteiger partial charge in [0, 0.05) is 50.1 Å². The van der Waals surface area contributed by atoms with Crippen molar-refractivity contribution in [3.63, 3.8) is 0 Å². The van der Waals surface area contributed by atoms with Gasteiger partial charge in [-0.25, -0.2) is 0 Å². The van der Waals surface area contributed by atoms with Crippen LogP contribution in [0.25, 0.3) is 0 Å². The van der Waals surface area contributed by atoms with Crippen molar-refractivity contribution in [3.05, 3.63) is 0 Å². The summed E-state index contributed by atoms with van der Waals surface area (Å²) in [5, 5.41) is 40.1. The molecule has 0 heterocycles. The average Bonchev–Trinajstić information content (AvgIpc) is 2.82. The fourth-order valence-electron chi connectivity index (χ4n) is 2.49. The Bertz CT molecular complexity index is 432. The van der Waals surface area contributed by atoms with Crippen molar-refractivity contribution in [3.8, 4) is 0 Å². The van der Waals surface area contributed by atoms with Gasteiger partial charge in [0.15, 0.2) is 0 Å². The zero-order valence-corrected chi connectivity index (χ0v) is 29.1. The Labute approximate surface area is 253 Å². The molecule has 0 atom stereocenters. The molecule has 216 valence electrons. The molecule has 14 heteroatoms. The van der Waals surface area contributed by atoms with Gasteiger partial charge in [-0.3, -0.25) is 0 Å². The van der Waals surface area contributed by atoms with E-state index in [1.54, 1.807) is 0 Å². The van der Waals surface area contributed by atoms with E-state index in [9.17, 15) is 39.6 Å². The zero-order valence-electron chi connectivity index (χ0n) is 23.1. The molecule has 8 N–H and O–H groups in total. The van der Waals surface area contributed by atoms with Crippen molar-refractivity contribution in [2.45, 2.75) is 103 Å². The SMILES string of the molecule is NCCN.NCCN.O=C([O-])CCCCCCCCC(=O)[O-].O=C([O-])CCCCCCCCC(=O)[O-].[Zn+2].[Zn+2]. The van der Waals surface area contributed by atoms with E-state index in [0.29, 0.717) is 51.9 Å². The van der Waals surface area contributed by atoms with Gasteiger partial charge in [0.05, 0.1) is 0 Å². The quantitative estimate of drug-likeness (QED) is 0.0759. The Hall–Kier alpha value is -1.03. The molecule has 0 aliphatic carbocycles. The normalized spacial score (nSPS) is 8.95. The smallest absolute Gasteiger partial charge is 0.550 e. The van der Waals surface area contributed by atoms with Crippen LogP contribution in [0.3, 0.4) is 0 Å². The minimum Gasteiger partial charge on any atom is -0.550 e. The third-order valence-electron chi connectivity index (χ3n) is 4.36. The van der Waals surface area contributed by atoms with Crippen molar-refractivity contribution in [1.29, 1.82) is 0 Å². The Morgan fingerprint density at radius 1 is 0.342 bits per heavy atom. The zero-order chi connectivity index (χ0) is 28.5. The summed E-state index contributed by atoms with van der Waals surface area (Å²) in [6.45, 7) is 2.39. The van der Waals surface area contributed by atoms with Gasteiger partial charge >= 0.3 is 39.0 Å². The van der Waals surface area contributed by atoms with Crippen molar-refractivity contribution < 1.29 is 78.6 Å². The number of rotatable bonds is 20. The van der Waals surface area contributed by atoms with Gasteiger partial charge in [-0.05, 0) is 51.4 Å². The summed E-state index contributed by atoms with van der Waals surface area (Å²) in [5.41, 5.74) is 19.6. The maximum absolute atomic E-state index is 10.0. The van der Waals surface area contributed by atoms with Crippen LogP contribution in [-0.4, -0.2) is 50.1 Å². The topological polar surface area (TPSA) is 265 Å². The van der Waals surface area contributed by atoms with Crippen molar-refractivity contribution in [1.82, 2.24) is 0 Å². The minimum absolute atomic E-state index is 0. The number of hydrogen-bond acceptors (Lipinski definition) is 12. The van der Waals surface area contributed by atoms with Gasteiger partial charge < -0.3 is 62.5 Å². The largest absolute Gasteiger partial charge is 2.00 e. The predicted octanol–water partition coefficient (Wildman–Crippen LogP) is -2.98. The molecule has 0 aromatic carbocycles. The number of carbonyl (C=O) groups is 4. The molecule has 0 fully saturated rings. The van der Waals surface area contributed by atoms with Gasteiger partial charge in [0.25, 0.3) is 0 Å². The number of carboxylic acids is 4. The van der Waals surface area contributed by atoms with Crippen LogP contribution in [0.1, 0.15) is 103 Å². The molecule has 0 spiro atoms. The number of nitrogens with two attached hydrogens (primary N) is 4. The number of unbranched alkanes of at least 4 members (excludes halogenated alkanes) is 10. The number of hydrogen-bond donors (Lipinski definition) is 4. The number of carbonyl (C=O) groups excluding carboxylic acids is 4. The van der Waals surface area contributed by atoms with E-state index < -0.39 is 23.9 Å². The molecule has 12 nitrogen and oxygen atoms in total. The van der Waals surface area contributed by atoms with Crippen molar-refractivity contribution in [2.24, 2.45) is 22.9 Å². The van der Waals surface area contributed by atoms with Gasteiger partial charge in [-0.2, -0.15) is 0 Å². The first-order valence-electron chi connectivity index (χ1n) is 12.7. The van der Waals surface area contributed by atoms with E-state index in [1.807, 2.05) is 0 Å². The Morgan fingerprint density at radius 3 is 0.579 bits per heavy atom. The van der Waals surface area contributed by atoms with E-state index in [-0.39, 0.29) is 64.6 Å². The molecular weight excluding hydrogens is 603 g/mol. The van der Waals surface area contributed by atoms with E-state index >= 15 is 0 Å². The molecule has 38 heavy (non-hydrogen) atoms. The van der Waals surface area contributed by atoms with Crippen LogP contribution in [0.4, 0.5) is 0 Å². The maximum Gasteiger partial charge on any atom is 2.00 e. The van der Waals surface area contributed by atoms with Gasteiger partial charge in [-0.1, -0.05) is 51.4 Å². The van der Waals surface area contributed by atoms with Gasteiger partial charge in [0.2, 0.25) is 0 Å². The summed E-state index contributed by atoms with van der Waals surface area (Å²) in [6.07, 6.45) is 10.5. The summed E-state index contributed by atoms with van der Waals surface area (Å²) in [6, 6.07) is 0. The third-order valence-corrected chi connectivity index (χ3v) is 4.36. The second-order valence-electron chi connectivity index (χ2n) is 7.89. The van der Waals surface area contributed by atoms with E-state index in [4.69, 9.17) is 22.9 Å². The first kappa shape index (κ1) is 49.9. The minimum atomic E-state index is -0.998. The van der Waals surface area contributed by atoms with Crippen molar-refractivity contribution >= 4 is 23.9 Å². The Balaban J connectivity index is -0.000000101. The van der Waals surface area contributed by atoms with Crippen LogP contribution in [0, 0.1) is 0 Å². The number of aliphatic carboxylic acids is 4. The maximum atomic E-state index is 10.0. The van der Waals surface area contributed by atoms with Crippen LogP contribution >= 0.6 is 0 Å². The summed E-state index contributed by atoms with van der Waals surface area (Å²) in [4.78, 5) is 40.1. The molecule has 0 aliphatic heterocycles. The van der Waals surface area contributed by atoms with Crippen LogP contribution in [0.2, 0.25) is 0 Å².